The van der Waals surface area contributed by atoms with Crippen LogP contribution in [0.2, 0.25) is 0 Å². The van der Waals surface area contributed by atoms with Gasteiger partial charge >= 0.3 is 18.4 Å². The summed E-state index contributed by atoms with van der Waals surface area (Å²) >= 11 is 0. The van der Waals surface area contributed by atoms with E-state index in [9.17, 15) is 27.6 Å². The Morgan fingerprint density at radius 2 is 1.78 bits per heavy atom. The second-order valence-corrected chi connectivity index (χ2v) is 3.97. The Morgan fingerprint density at radius 1 is 1.17 bits per heavy atom. The molecule has 0 radical (unpaired) electrons. The number of carbonyl (C=O) groups excluding carboxylic acids is 3. The number of esters is 1. The minimum atomic E-state index is -4.79. The van der Waals surface area contributed by atoms with Crippen LogP contribution in [0.4, 0.5) is 18.0 Å². The molecule has 124 valence electrons. The summed E-state index contributed by atoms with van der Waals surface area (Å²) in [5, 5.41) is 1.69. The molecule has 0 heterocycles. The van der Waals surface area contributed by atoms with Crippen molar-refractivity contribution < 1.29 is 37.0 Å². The molecule has 0 saturated carbocycles. The maximum absolute atomic E-state index is 12.0. The standard InChI is InChI=1S/C13H11F3N2O5/c14-13(15,16)23-9-4-1-8(2-5-9)3-6-11(20)22-7-10(19)18-12(17)21/h1-6H,7H2,(H3,17,18,19,21)/b6-3+. The molecule has 0 aliphatic rings. The van der Waals surface area contributed by atoms with Crippen molar-refractivity contribution >= 4 is 24.0 Å². The summed E-state index contributed by atoms with van der Waals surface area (Å²) in [6.45, 7) is -0.704. The molecule has 10 heteroatoms. The average molecular weight is 332 g/mol. The second kappa shape index (κ2) is 7.82. The van der Waals surface area contributed by atoms with Crippen molar-refractivity contribution in [2.24, 2.45) is 5.73 Å². The van der Waals surface area contributed by atoms with E-state index in [0.717, 1.165) is 18.2 Å². The first-order chi connectivity index (χ1) is 10.7. The second-order valence-electron chi connectivity index (χ2n) is 3.97. The first-order valence-corrected chi connectivity index (χ1v) is 5.95. The van der Waals surface area contributed by atoms with E-state index in [1.165, 1.54) is 18.2 Å². The third kappa shape index (κ3) is 8.09. The molecule has 0 unspecified atom stereocenters. The summed E-state index contributed by atoms with van der Waals surface area (Å²) in [5.41, 5.74) is 5.08. The van der Waals surface area contributed by atoms with E-state index in [0.29, 0.717) is 5.56 Å². The van der Waals surface area contributed by atoms with Crippen LogP contribution in [0.3, 0.4) is 0 Å². The SMILES string of the molecule is NC(=O)NC(=O)COC(=O)/C=C/c1ccc(OC(F)(F)F)cc1. The van der Waals surface area contributed by atoms with Crippen molar-refractivity contribution in [1.82, 2.24) is 5.32 Å². The molecule has 0 saturated heterocycles. The number of benzene rings is 1. The van der Waals surface area contributed by atoms with E-state index in [4.69, 9.17) is 0 Å². The van der Waals surface area contributed by atoms with E-state index in [1.54, 1.807) is 5.32 Å². The molecule has 1 aromatic carbocycles. The quantitative estimate of drug-likeness (QED) is 0.625. The summed E-state index contributed by atoms with van der Waals surface area (Å²) in [6.07, 6.45) is -2.57. The smallest absolute Gasteiger partial charge is 0.452 e. The van der Waals surface area contributed by atoms with Crippen LogP contribution in [-0.2, 0) is 14.3 Å². The Hall–Kier alpha value is -3.04. The third-order valence-electron chi connectivity index (χ3n) is 2.13. The number of ether oxygens (including phenoxy) is 2. The Bertz CT molecular complexity index is 611. The van der Waals surface area contributed by atoms with Crippen LogP contribution in [0.15, 0.2) is 30.3 Å². The number of nitrogens with one attached hydrogen (secondary N) is 1. The first kappa shape index (κ1) is 18.0. The molecule has 1 rings (SSSR count). The van der Waals surface area contributed by atoms with Gasteiger partial charge in [-0.2, -0.15) is 0 Å². The Kier molecular flexibility index (Phi) is 6.13. The molecule has 0 aromatic heterocycles. The summed E-state index contributed by atoms with van der Waals surface area (Å²) in [5.74, 6) is -2.19. The number of primary amides is 1. The van der Waals surface area contributed by atoms with Gasteiger partial charge in [0.15, 0.2) is 6.61 Å². The Labute approximate surface area is 127 Å². The van der Waals surface area contributed by atoms with Crippen LogP contribution in [0.1, 0.15) is 5.56 Å². The van der Waals surface area contributed by atoms with Gasteiger partial charge in [0.25, 0.3) is 5.91 Å². The monoisotopic (exact) mass is 332 g/mol. The van der Waals surface area contributed by atoms with E-state index in [2.05, 4.69) is 15.2 Å². The number of imide groups is 1. The highest BCUT2D eigenvalue weighted by Gasteiger charge is 2.30. The highest BCUT2D eigenvalue weighted by atomic mass is 19.4. The lowest BCUT2D eigenvalue weighted by Gasteiger charge is -2.08. The van der Waals surface area contributed by atoms with Gasteiger partial charge in [-0.25, -0.2) is 9.59 Å². The molecule has 0 aliphatic carbocycles. The number of hydrogen-bond acceptors (Lipinski definition) is 5. The van der Waals surface area contributed by atoms with Crippen LogP contribution in [-0.4, -0.2) is 30.9 Å². The van der Waals surface area contributed by atoms with Gasteiger partial charge in [-0.15, -0.1) is 13.2 Å². The van der Waals surface area contributed by atoms with Crippen molar-refractivity contribution in [2.75, 3.05) is 6.61 Å². The number of halogens is 3. The normalized spacial score (nSPS) is 11.1. The summed E-state index contributed by atoms with van der Waals surface area (Å²) in [7, 11) is 0. The van der Waals surface area contributed by atoms with Crippen molar-refractivity contribution in [3.05, 3.63) is 35.9 Å². The van der Waals surface area contributed by atoms with Gasteiger partial charge in [0, 0.05) is 6.08 Å². The van der Waals surface area contributed by atoms with Crippen LogP contribution < -0.4 is 15.8 Å². The van der Waals surface area contributed by atoms with Crippen molar-refractivity contribution in [2.45, 2.75) is 6.36 Å². The largest absolute Gasteiger partial charge is 0.573 e. The maximum Gasteiger partial charge on any atom is 0.573 e. The molecule has 3 N–H and O–H groups in total. The van der Waals surface area contributed by atoms with E-state index in [1.807, 2.05) is 0 Å². The van der Waals surface area contributed by atoms with Crippen molar-refractivity contribution in [1.29, 1.82) is 0 Å². The molecule has 23 heavy (non-hydrogen) atoms. The topological polar surface area (TPSA) is 108 Å². The van der Waals surface area contributed by atoms with Gasteiger partial charge in [0.2, 0.25) is 0 Å². The molecule has 0 atom stereocenters. The fraction of sp³-hybridized carbons (Fsp3) is 0.154. The van der Waals surface area contributed by atoms with Gasteiger partial charge in [-0.3, -0.25) is 10.1 Å². The summed E-state index contributed by atoms with van der Waals surface area (Å²) in [6, 6.07) is 3.62. The number of amides is 3. The van der Waals surface area contributed by atoms with Gasteiger partial charge in [0.1, 0.15) is 5.75 Å². The maximum atomic E-state index is 12.0. The lowest BCUT2D eigenvalue weighted by Crippen LogP contribution is -2.37. The zero-order chi connectivity index (χ0) is 17.5. The lowest BCUT2D eigenvalue weighted by atomic mass is 10.2. The van der Waals surface area contributed by atoms with E-state index in [-0.39, 0.29) is 0 Å². The number of hydrogen-bond donors (Lipinski definition) is 2. The summed E-state index contributed by atoms with van der Waals surface area (Å²) in [4.78, 5) is 32.6. The van der Waals surface area contributed by atoms with Gasteiger partial charge < -0.3 is 15.2 Å². The molecule has 0 bridgehead atoms. The fourth-order valence-corrected chi connectivity index (χ4v) is 1.30. The van der Waals surface area contributed by atoms with E-state index < -0.39 is 36.6 Å². The molecule has 7 nitrogen and oxygen atoms in total. The third-order valence-corrected chi connectivity index (χ3v) is 2.13. The van der Waals surface area contributed by atoms with Crippen LogP contribution in [0, 0.1) is 0 Å². The van der Waals surface area contributed by atoms with Crippen LogP contribution in [0.25, 0.3) is 6.08 Å². The zero-order valence-electron chi connectivity index (χ0n) is 11.4. The first-order valence-electron chi connectivity index (χ1n) is 5.95. The van der Waals surface area contributed by atoms with E-state index >= 15 is 0 Å². The molecule has 0 aliphatic heterocycles. The van der Waals surface area contributed by atoms with Gasteiger partial charge in [-0.1, -0.05) is 12.1 Å². The zero-order valence-corrected chi connectivity index (χ0v) is 11.4. The van der Waals surface area contributed by atoms with Crippen LogP contribution >= 0.6 is 0 Å². The molecular weight excluding hydrogens is 321 g/mol. The number of alkyl halides is 3. The van der Waals surface area contributed by atoms with Crippen molar-refractivity contribution in [3.63, 3.8) is 0 Å². The predicted octanol–water partition coefficient (Wildman–Crippen LogP) is 1.34. The van der Waals surface area contributed by atoms with Crippen LogP contribution in [0.5, 0.6) is 5.75 Å². The minimum Gasteiger partial charge on any atom is -0.452 e. The molecule has 3 amide bonds. The van der Waals surface area contributed by atoms with Gasteiger partial charge in [-0.05, 0) is 23.8 Å². The van der Waals surface area contributed by atoms with Crippen molar-refractivity contribution in [3.8, 4) is 5.75 Å². The molecule has 1 aromatic rings. The predicted molar refractivity (Wildman–Crippen MR) is 70.8 cm³/mol. The Morgan fingerprint density at radius 3 is 2.30 bits per heavy atom. The molecular formula is C13H11F3N2O5. The number of rotatable bonds is 5. The average Bonchev–Trinajstić information content (AvgIpc) is 2.42. The highest BCUT2D eigenvalue weighted by molar-refractivity contribution is 5.95. The minimum absolute atomic E-state index is 0.401. The van der Waals surface area contributed by atoms with Gasteiger partial charge in [0.05, 0.1) is 0 Å². The molecule has 0 fully saturated rings. The Balaban J connectivity index is 2.49. The summed E-state index contributed by atoms with van der Waals surface area (Å²) < 4.78 is 44.1. The fourth-order valence-electron chi connectivity index (χ4n) is 1.30. The lowest BCUT2D eigenvalue weighted by molar-refractivity contribution is -0.274. The number of nitrogens with two attached hydrogens (primary N) is 1. The number of carbonyl (C=O) groups is 3. The number of urea groups is 1. The highest BCUT2D eigenvalue weighted by Crippen LogP contribution is 2.22. The molecule has 0 spiro atoms.